The molecule has 5 nitrogen and oxygen atoms in total. The number of anilines is 1. The average Bonchev–Trinajstić information content (AvgIpc) is 3.37. The monoisotopic (exact) mass is 495 g/mol. The Morgan fingerprint density at radius 2 is 1.75 bits per heavy atom. The maximum Gasteiger partial charge on any atom is 0.170 e. The molecule has 0 amide bonds. The minimum atomic E-state index is -0.00718. The Morgan fingerprint density at radius 3 is 2.50 bits per heavy atom. The molecular weight excluding hydrogens is 462 g/mol. The van der Waals surface area contributed by atoms with E-state index in [0.717, 1.165) is 36.0 Å². The van der Waals surface area contributed by atoms with E-state index >= 15 is 0 Å². The fraction of sp³-hybridized carbons (Fsp3) is 0.267. The number of pyridine rings is 1. The van der Waals surface area contributed by atoms with Crippen molar-refractivity contribution >= 4 is 23.0 Å². The van der Waals surface area contributed by atoms with Crippen LogP contribution in [0.25, 0.3) is 5.69 Å². The van der Waals surface area contributed by atoms with Gasteiger partial charge in [-0.3, -0.25) is 4.98 Å². The molecule has 0 spiro atoms. The molecule has 3 heterocycles. The topological polar surface area (TPSA) is 45.1 Å². The molecule has 184 valence electrons. The molecule has 4 aromatic rings. The Labute approximate surface area is 219 Å². The van der Waals surface area contributed by atoms with Crippen molar-refractivity contribution in [1.29, 1.82) is 0 Å². The summed E-state index contributed by atoms with van der Waals surface area (Å²) in [5.41, 5.74) is 8.34. The molecule has 2 aromatic heterocycles. The van der Waals surface area contributed by atoms with Gasteiger partial charge in [-0.05, 0) is 93.0 Å². The van der Waals surface area contributed by atoms with Gasteiger partial charge in [0.2, 0.25) is 0 Å². The molecule has 1 aliphatic heterocycles. The van der Waals surface area contributed by atoms with Crippen molar-refractivity contribution in [3.63, 3.8) is 0 Å². The van der Waals surface area contributed by atoms with Crippen LogP contribution in [0.15, 0.2) is 85.1 Å². The van der Waals surface area contributed by atoms with Crippen LogP contribution in [0.2, 0.25) is 0 Å². The lowest BCUT2D eigenvalue weighted by Crippen LogP contribution is -2.31. The molecule has 1 saturated heterocycles. The maximum atomic E-state index is 5.89. The standard InChI is InChI=1S/C30H33N5S/c1-21-11-9-14-25(19-21)35-22(2)20-26(23(35)3)29-28(27-15-7-8-16-32-27)33-30(36)34(29)18-10-17-31-24-12-5-4-6-13-24/h4-9,11-16,19-20,28-29,31H,10,17-18H2,1-3H3,(H,33,36)/t28-,29+/m1/s1. The summed E-state index contributed by atoms with van der Waals surface area (Å²) in [7, 11) is 0. The second-order valence-corrected chi connectivity index (χ2v) is 9.85. The van der Waals surface area contributed by atoms with Crippen LogP contribution in [-0.2, 0) is 0 Å². The lowest BCUT2D eigenvalue weighted by Gasteiger charge is -2.28. The first-order valence-corrected chi connectivity index (χ1v) is 13.0. The number of benzene rings is 2. The van der Waals surface area contributed by atoms with Crippen LogP contribution in [0.1, 0.15) is 46.7 Å². The van der Waals surface area contributed by atoms with E-state index in [9.17, 15) is 0 Å². The summed E-state index contributed by atoms with van der Waals surface area (Å²) >= 11 is 5.89. The van der Waals surface area contributed by atoms with Gasteiger partial charge in [-0.2, -0.15) is 0 Å². The Morgan fingerprint density at radius 1 is 0.944 bits per heavy atom. The summed E-state index contributed by atoms with van der Waals surface area (Å²) < 4.78 is 2.36. The van der Waals surface area contributed by atoms with Crippen molar-refractivity contribution in [2.24, 2.45) is 0 Å². The summed E-state index contributed by atoms with van der Waals surface area (Å²) in [5, 5.41) is 7.91. The number of nitrogens with one attached hydrogen (secondary N) is 2. The summed E-state index contributed by atoms with van der Waals surface area (Å²) in [5.74, 6) is 0. The number of rotatable bonds is 8. The Kier molecular flexibility index (Phi) is 7.05. The zero-order valence-electron chi connectivity index (χ0n) is 21.1. The largest absolute Gasteiger partial charge is 0.385 e. The predicted octanol–water partition coefficient (Wildman–Crippen LogP) is 6.27. The Hall–Kier alpha value is -3.64. The Bertz CT molecular complexity index is 1330. The van der Waals surface area contributed by atoms with Crippen LogP contribution in [0.4, 0.5) is 5.69 Å². The van der Waals surface area contributed by atoms with E-state index in [1.807, 2.05) is 24.4 Å². The fourth-order valence-corrected chi connectivity index (χ4v) is 5.61. The van der Waals surface area contributed by atoms with Gasteiger partial charge in [0.25, 0.3) is 0 Å². The first kappa shape index (κ1) is 24.1. The van der Waals surface area contributed by atoms with Gasteiger partial charge >= 0.3 is 0 Å². The van der Waals surface area contributed by atoms with E-state index in [1.54, 1.807) is 0 Å². The lowest BCUT2D eigenvalue weighted by atomic mass is 9.96. The summed E-state index contributed by atoms with van der Waals surface area (Å²) in [6, 6.07) is 27.5. The zero-order valence-corrected chi connectivity index (χ0v) is 21.9. The molecule has 1 fully saturated rings. The molecule has 0 radical (unpaired) electrons. The van der Waals surface area contributed by atoms with Gasteiger partial charge in [0.1, 0.15) is 0 Å². The van der Waals surface area contributed by atoms with Crippen LogP contribution in [0.5, 0.6) is 0 Å². The number of nitrogens with zero attached hydrogens (tertiary/aromatic N) is 3. The molecule has 0 aliphatic carbocycles. The minimum absolute atomic E-state index is 0.00718. The number of hydrogen-bond donors (Lipinski definition) is 2. The molecule has 0 saturated carbocycles. The predicted molar refractivity (Wildman–Crippen MR) is 152 cm³/mol. The van der Waals surface area contributed by atoms with Crippen LogP contribution in [0, 0.1) is 20.8 Å². The van der Waals surface area contributed by atoms with Gasteiger partial charge in [0.05, 0.1) is 17.8 Å². The first-order valence-electron chi connectivity index (χ1n) is 12.6. The van der Waals surface area contributed by atoms with Crippen LogP contribution in [0.3, 0.4) is 0 Å². The van der Waals surface area contributed by atoms with E-state index in [1.165, 1.54) is 28.2 Å². The summed E-state index contributed by atoms with van der Waals surface area (Å²) in [4.78, 5) is 7.05. The summed E-state index contributed by atoms with van der Waals surface area (Å²) in [6.07, 6.45) is 2.83. The second-order valence-electron chi connectivity index (χ2n) is 9.47. The van der Waals surface area contributed by atoms with Gasteiger partial charge in [0, 0.05) is 42.0 Å². The summed E-state index contributed by atoms with van der Waals surface area (Å²) in [6.45, 7) is 8.28. The van der Waals surface area contributed by atoms with Crippen molar-refractivity contribution in [3.8, 4) is 5.69 Å². The van der Waals surface area contributed by atoms with Gasteiger partial charge < -0.3 is 20.1 Å². The van der Waals surface area contributed by atoms with Crippen LogP contribution in [-0.4, -0.2) is 32.7 Å². The highest BCUT2D eigenvalue weighted by atomic mass is 32.1. The van der Waals surface area contributed by atoms with E-state index in [2.05, 4.69) is 102 Å². The van der Waals surface area contributed by atoms with Gasteiger partial charge in [-0.15, -0.1) is 0 Å². The molecule has 36 heavy (non-hydrogen) atoms. The average molecular weight is 496 g/mol. The third kappa shape index (κ3) is 4.86. The minimum Gasteiger partial charge on any atom is -0.385 e. The number of thiocarbonyl (C=S) groups is 1. The van der Waals surface area contributed by atoms with Crippen molar-refractivity contribution in [2.45, 2.75) is 39.3 Å². The molecule has 2 N–H and O–H groups in total. The Balaban J connectivity index is 1.46. The molecule has 2 aromatic carbocycles. The third-order valence-corrected chi connectivity index (χ3v) is 7.28. The second kappa shape index (κ2) is 10.5. The number of aromatic nitrogens is 2. The van der Waals surface area contributed by atoms with Crippen molar-refractivity contribution in [3.05, 3.63) is 113 Å². The highest BCUT2D eigenvalue weighted by molar-refractivity contribution is 7.80. The van der Waals surface area contributed by atoms with Gasteiger partial charge in [0.15, 0.2) is 5.11 Å². The normalized spacial score (nSPS) is 17.3. The molecule has 1 aliphatic rings. The van der Waals surface area contributed by atoms with Crippen molar-refractivity contribution in [2.75, 3.05) is 18.4 Å². The molecule has 2 atom stereocenters. The highest BCUT2D eigenvalue weighted by Crippen LogP contribution is 2.41. The number of hydrogen-bond acceptors (Lipinski definition) is 3. The molecule has 0 unspecified atom stereocenters. The number of para-hydroxylation sites is 1. The molecule has 6 heteroatoms. The number of aryl methyl sites for hydroxylation is 2. The third-order valence-electron chi connectivity index (χ3n) is 6.93. The van der Waals surface area contributed by atoms with E-state index < -0.39 is 0 Å². The van der Waals surface area contributed by atoms with E-state index in [4.69, 9.17) is 17.2 Å². The molecule has 5 rings (SSSR count). The molecular formula is C30H33N5S. The highest BCUT2D eigenvalue weighted by Gasteiger charge is 2.41. The zero-order chi connectivity index (χ0) is 25.1. The van der Waals surface area contributed by atoms with Crippen molar-refractivity contribution < 1.29 is 0 Å². The van der Waals surface area contributed by atoms with Gasteiger partial charge in [-0.1, -0.05) is 36.4 Å². The van der Waals surface area contributed by atoms with Gasteiger partial charge in [-0.25, -0.2) is 0 Å². The van der Waals surface area contributed by atoms with Crippen molar-refractivity contribution in [1.82, 2.24) is 19.8 Å². The fourth-order valence-electron chi connectivity index (χ4n) is 5.27. The van der Waals surface area contributed by atoms with Crippen LogP contribution < -0.4 is 10.6 Å². The SMILES string of the molecule is Cc1cccc(-n2c(C)cc([C@H]3[C@@H](c4ccccn4)NC(=S)N3CCCNc3ccccc3)c2C)c1. The maximum absolute atomic E-state index is 5.89. The van der Waals surface area contributed by atoms with E-state index in [-0.39, 0.29) is 12.1 Å². The van der Waals surface area contributed by atoms with E-state index in [0.29, 0.717) is 0 Å². The smallest absolute Gasteiger partial charge is 0.170 e. The molecule has 0 bridgehead atoms. The lowest BCUT2D eigenvalue weighted by molar-refractivity contribution is 0.315. The van der Waals surface area contributed by atoms with Crippen LogP contribution >= 0.6 is 12.2 Å². The first-order chi connectivity index (χ1) is 17.5. The quantitative estimate of drug-likeness (QED) is 0.223.